The van der Waals surface area contributed by atoms with Crippen LogP contribution in [0.15, 0.2) is 18.2 Å². The summed E-state index contributed by atoms with van der Waals surface area (Å²) in [6.45, 7) is -2.88. The monoisotopic (exact) mass is 193 g/mol. The van der Waals surface area contributed by atoms with Gasteiger partial charge in [-0.25, -0.2) is 0 Å². The summed E-state index contributed by atoms with van der Waals surface area (Å²) in [5.41, 5.74) is 5.46. The van der Waals surface area contributed by atoms with Gasteiger partial charge in [0.25, 0.3) is 0 Å². The molecule has 0 saturated heterocycles. The molecule has 0 aromatic heterocycles. The minimum Gasteiger partial charge on any atom is -0.433 e. The Labute approximate surface area is 72.9 Å². The Bertz CT molecular complexity index is 280. The van der Waals surface area contributed by atoms with Crippen LogP contribution in [-0.2, 0) is 0 Å². The van der Waals surface area contributed by atoms with Crippen LogP contribution in [0.1, 0.15) is 0 Å². The van der Waals surface area contributed by atoms with Gasteiger partial charge in [0.2, 0.25) is 0 Å². The predicted octanol–water partition coefficient (Wildman–Crippen LogP) is 2.52. The molecule has 66 valence electrons. The fourth-order valence-corrected chi connectivity index (χ4v) is 0.868. The van der Waals surface area contributed by atoms with Gasteiger partial charge in [-0.05, 0) is 12.1 Å². The van der Waals surface area contributed by atoms with Crippen LogP contribution >= 0.6 is 11.6 Å². The van der Waals surface area contributed by atoms with Crippen molar-refractivity contribution < 1.29 is 13.5 Å². The van der Waals surface area contributed by atoms with E-state index in [0.717, 1.165) is 0 Å². The molecule has 0 aliphatic heterocycles. The zero-order chi connectivity index (χ0) is 9.14. The van der Waals surface area contributed by atoms with E-state index in [0.29, 0.717) is 5.02 Å². The SMILES string of the molecule is Nc1ccc(Cl)cc1OC(F)F. The first-order valence-electron chi connectivity index (χ1n) is 3.09. The second kappa shape index (κ2) is 3.58. The second-order valence-corrected chi connectivity index (χ2v) is 2.50. The Morgan fingerprint density at radius 3 is 2.67 bits per heavy atom. The molecular weight excluding hydrogens is 188 g/mol. The van der Waals surface area contributed by atoms with Crippen molar-refractivity contribution in [3.63, 3.8) is 0 Å². The third-order valence-electron chi connectivity index (χ3n) is 1.19. The minimum atomic E-state index is -2.88. The number of alkyl halides is 2. The topological polar surface area (TPSA) is 35.2 Å². The summed E-state index contributed by atoms with van der Waals surface area (Å²) in [5, 5.41) is 0.305. The molecule has 2 nitrogen and oxygen atoms in total. The number of nitrogens with two attached hydrogens (primary N) is 1. The molecule has 0 spiro atoms. The summed E-state index contributed by atoms with van der Waals surface area (Å²) < 4.78 is 27.5. The van der Waals surface area contributed by atoms with Crippen LogP contribution in [0.3, 0.4) is 0 Å². The van der Waals surface area contributed by atoms with Crippen LogP contribution in [0.5, 0.6) is 5.75 Å². The molecule has 1 rings (SSSR count). The molecule has 0 unspecified atom stereocenters. The van der Waals surface area contributed by atoms with Crippen molar-refractivity contribution in [2.45, 2.75) is 6.61 Å². The molecule has 0 fully saturated rings. The zero-order valence-electron chi connectivity index (χ0n) is 5.93. The molecule has 0 aliphatic rings. The molecule has 0 atom stereocenters. The van der Waals surface area contributed by atoms with Crippen LogP contribution in [-0.4, -0.2) is 6.61 Å². The van der Waals surface area contributed by atoms with E-state index >= 15 is 0 Å². The van der Waals surface area contributed by atoms with Gasteiger partial charge in [-0.3, -0.25) is 0 Å². The number of nitrogen functional groups attached to an aromatic ring is 1. The summed E-state index contributed by atoms with van der Waals surface area (Å²) in [6, 6.07) is 4.14. The summed E-state index contributed by atoms with van der Waals surface area (Å²) in [5.74, 6) is -0.0995. The van der Waals surface area contributed by atoms with E-state index in [-0.39, 0.29) is 11.4 Å². The fraction of sp³-hybridized carbons (Fsp3) is 0.143. The first-order chi connectivity index (χ1) is 5.59. The van der Waals surface area contributed by atoms with Crippen molar-refractivity contribution in [1.82, 2.24) is 0 Å². The molecule has 5 heteroatoms. The van der Waals surface area contributed by atoms with E-state index in [1.807, 2.05) is 0 Å². The lowest BCUT2D eigenvalue weighted by Crippen LogP contribution is -2.04. The van der Waals surface area contributed by atoms with Gasteiger partial charge < -0.3 is 10.5 Å². The zero-order valence-corrected chi connectivity index (χ0v) is 6.68. The number of hydrogen-bond acceptors (Lipinski definition) is 2. The molecule has 0 aliphatic carbocycles. The highest BCUT2D eigenvalue weighted by Gasteiger charge is 2.07. The number of halogens is 3. The van der Waals surface area contributed by atoms with Crippen molar-refractivity contribution in [3.05, 3.63) is 23.2 Å². The van der Waals surface area contributed by atoms with Gasteiger partial charge in [-0.1, -0.05) is 11.6 Å². The number of ether oxygens (including phenoxy) is 1. The Morgan fingerprint density at radius 2 is 2.08 bits per heavy atom. The third-order valence-corrected chi connectivity index (χ3v) is 1.43. The smallest absolute Gasteiger partial charge is 0.387 e. The maximum atomic E-state index is 11.7. The molecule has 0 radical (unpaired) electrons. The fourth-order valence-electron chi connectivity index (χ4n) is 0.706. The highest BCUT2D eigenvalue weighted by Crippen LogP contribution is 2.26. The van der Waals surface area contributed by atoms with Crippen molar-refractivity contribution in [2.75, 3.05) is 5.73 Å². The van der Waals surface area contributed by atoms with E-state index in [9.17, 15) is 8.78 Å². The van der Waals surface area contributed by atoms with E-state index in [2.05, 4.69) is 4.74 Å². The highest BCUT2D eigenvalue weighted by molar-refractivity contribution is 6.30. The Balaban J connectivity index is 2.90. The van der Waals surface area contributed by atoms with E-state index < -0.39 is 6.61 Å². The van der Waals surface area contributed by atoms with E-state index in [4.69, 9.17) is 17.3 Å². The van der Waals surface area contributed by atoms with Crippen molar-refractivity contribution in [2.24, 2.45) is 0 Å². The quantitative estimate of drug-likeness (QED) is 0.733. The summed E-state index contributed by atoms with van der Waals surface area (Å²) >= 11 is 5.52. The van der Waals surface area contributed by atoms with Gasteiger partial charge in [-0.15, -0.1) is 0 Å². The van der Waals surface area contributed by atoms with Crippen molar-refractivity contribution >= 4 is 17.3 Å². The normalized spacial score (nSPS) is 10.3. The van der Waals surface area contributed by atoms with Crippen LogP contribution in [0.25, 0.3) is 0 Å². The summed E-state index contributed by atoms with van der Waals surface area (Å²) in [4.78, 5) is 0. The third kappa shape index (κ3) is 2.23. The Kier molecular flexibility index (Phi) is 2.70. The van der Waals surface area contributed by atoms with Gasteiger partial charge >= 0.3 is 6.61 Å². The molecule has 0 amide bonds. The van der Waals surface area contributed by atoms with Gasteiger partial charge in [-0.2, -0.15) is 8.78 Å². The minimum absolute atomic E-state index is 0.0995. The first-order valence-corrected chi connectivity index (χ1v) is 3.47. The molecule has 0 heterocycles. The Morgan fingerprint density at radius 1 is 1.42 bits per heavy atom. The number of rotatable bonds is 2. The molecule has 12 heavy (non-hydrogen) atoms. The lowest BCUT2D eigenvalue weighted by Gasteiger charge is -2.06. The maximum absolute atomic E-state index is 11.7. The van der Waals surface area contributed by atoms with Crippen LogP contribution in [0, 0.1) is 0 Å². The van der Waals surface area contributed by atoms with Gasteiger partial charge in [0, 0.05) is 11.1 Å². The lowest BCUT2D eigenvalue weighted by atomic mass is 10.3. The summed E-state index contributed by atoms with van der Waals surface area (Å²) in [7, 11) is 0. The van der Waals surface area contributed by atoms with Gasteiger partial charge in [0.05, 0.1) is 5.69 Å². The van der Waals surface area contributed by atoms with Crippen LogP contribution < -0.4 is 10.5 Å². The molecule has 2 N–H and O–H groups in total. The van der Waals surface area contributed by atoms with Crippen molar-refractivity contribution in [1.29, 1.82) is 0 Å². The van der Waals surface area contributed by atoms with E-state index in [1.165, 1.54) is 18.2 Å². The van der Waals surface area contributed by atoms with Crippen LogP contribution in [0.2, 0.25) is 5.02 Å². The number of benzene rings is 1. The standard InChI is InChI=1S/C7H6ClF2NO/c8-4-1-2-5(11)6(3-4)12-7(9)10/h1-3,7H,11H2. The summed E-state index contributed by atoms with van der Waals surface area (Å²) in [6.07, 6.45) is 0. The second-order valence-electron chi connectivity index (χ2n) is 2.06. The maximum Gasteiger partial charge on any atom is 0.387 e. The average molecular weight is 194 g/mol. The average Bonchev–Trinajstić information content (AvgIpc) is 1.96. The lowest BCUT2D eigenvalue weighted by molar-refractivity contribution is -0.0493. The molecule has 1 aromatic rings. The van der Waals surface area contributed by atoms with Gasteiger partial charge in [0.15, 0.2) is 0 Å². The van der Waals surface area contributed by atoms with Crippen molar-refractivity contribution in [3.8, 4) is 5.75 Å². The molecule has 0 bridgehead atoms. The largest absolute Gasteiger partial charge is 0.433 e. The molecule has 0 saturated carbocycles. The van der Waals surface area contributed by atoms with Gasteiger partial charge in [0.1, 0.15) is 5.75 Å². The molecule has 1 aromatic carbocycles. The first kappa shape index (κ1) is 9.06. The molecular formula is C7H6ClF2NO. The predicted molar refractivity (Wildman–Crippen MR) is 42.5 cm³/mol. The van der Waals surface area contributed by atoms with Crippen LogP contribution in [0.4, 0.5) is 14.5 Å². The Hall–Kier alpha value is -1.03. The van der Waals surface area contributed by atoms with E-state index in [1.54, 1.807) is 0 Å². The number of hydrogen-bond donors (Lipinski definition) is 1. The number of anilines is 1. The highest BCUT2D eigenvalue weighted by atomic mass is 35.5.